The molecule has 1 saturated carbocycles. The Morgan fingerprint density at radius 1 is 1.43 bits per heavy atom. The zero-order valence-corrected chi connectivity index (χ0v) is 14.1. The third kappa shape index (κ3) is 2.98. The summed E-state index contributed by atoms with van der Waals surface area (Å²) in [5.74, 6) is 0.884. The summed E-state index contributed by atoms with van der Waals surface area (Å²) in [7, 11) is 0. The van der Waals surface area contributed by atoms with Gasteiger partial charge in [0, 0.05) is 29.2 Å². The van der Waals surface area contributed by atoms with Gasteiger partial charge in [-0.15, -0.1) is 0 Å². The Balaban J connectivity index is 1.64. The fourth-order valence-electron chi connectivity index (χ4n) is 3.43. The number of thioether (sulfide) groups is 1. The summed E-state index contributed by atoms with van der Waals surface area (Å²) < 4.78 is 2.42. The summed E-state index contributed by atoms with van der Waals surface area (Å²) in [6.07, 6.45) is 11.0. The molecule has 2 aliphatic rings. The van der Waals surface area contributed by atoms with Gasteiger partial charge >= 0.3 is 0 Å². The van der Waals surface area contributed by atoms with Gasteiger partial charge in [0.2, 0.25) is 0 Å². The molecule has 0 amide bonds. The van der Waals surface area contributed by atoms with Crippen molar-refractivity contribution in [3.8, 4) is 0 Å². The van der Waals surface area contributed by atoms with Crippen LogP contribution in [-0.2, 0) is 6.54 Å². The lowest BCUT2D eigenvalue weighted by Crippen LogP contribution is -2.52. The van der Waals surface area contributed by atoms with Crippen molar-refractivity contribution >= 4 is 16.9 Å². The first kappa shape index (κ1) is 14.9. The highest BCUT2D eigenvalue weighted by Gasteiger charge is 2.53. The topological polar surface area (TPSA) is 42.2 Å². The Morgan fingerprint density at radius 3 is 2.86 bits per heavy atom. The van der Waals surface area contributed by atoms with Gasteiger partial charge in [0.05, 0.1) is 12.9 Å². The van der Waals surface area contributed by atoms with Gasteiger partial charge in [-0.05, 0) is 45.4 Å². The van der Waals surface area contributed by atoms with Gasteiger partial charge in [0.25, 0.3) is 0 Å². The smallest absolute Gasteiger partial charge is 0.157 e. The lowest BCUT2D eigenvalue weighted by Gasteiger charge is -2.43. The number of aliphatic imine (C=N–C) groups is 1. The molecule has 1 saturated heterocycles. The predicted molar refractivity (Wildman–Crippen MR) is 89.7 cm³/mol. The molecule has 21 heavy (non-hydrogen) atoms. The zero-order chi connectivity index (χ0) is 14.9. The number of rotatable bonds is 3. The Labute approximate surface area is 131 Å². The summed E-state index contributed by atoms with van der Waals surface area (Å²) >= 11 is 1.99. The van der Waals surface area contributed by atoms with E-state index in [1.165, 1.54) is 25.7 Å². The van der Waals surface area contributed by atoms with Crippen LogP contribution in [-0.4, -0.2) is 31.5 Å². The lowest BCUT2D eigenvalue weighted by molar-refractivity contribution is 0.231. The van der Waals surface area contributed by atoms with E-state index in [1.807, 2.05) is 30.5 Å². The second-order valence-electron chi connectivity index (χ2n) is 7.02. The molecule has 0 unspecified atom stereocenters. The number of aromatic nitrogens is 2. The number of imidazole rings is 1. The van der Waals surface area contributed by atoms with Crippen molar-refractivity contribution in [2.75, 3.05) is 6.54 Å². The van der Waals surface area contributed by atoms with Gasteiger partial charge in [0.15, 0.2) is 5.17 Å². The summed E-state index contributed by atoms with van der Waals surface area (Å²) in [6.45, 7) is 8.78. The fraction of sp³-hybridized carbons (Fsp3) is 0.750. The van der Waals surface area contributed by atoms with Crippen molar-refractivity contribution in [1.82, 2.24) is 14.9 Å². The van der Waals surface area contributed by atoms with Gasteiger partial charge in [-0.1, -0.05) is 18.7 Å². The number of amidine groups is 1. The first-order valence-corrected chi connectivity index (χ1v) is 8.80. The predicted octanol–water partition coefficient (Wildman–Crippen LogP) is 3.30. The Morgan fingerprint density at radius 2 is 2.19 bits per heavy atom. The minimum Gasteiger partial charge on any atom is -0.359 e. The first-order chi connectivity index (χ1) is 10.0. The SMILES string of the molecule is CC1CCC2(CC1)SC(=NCCn1ccnc1)NC2(C)C. The van der Waals surface area contributed by atoms with E-state index in [9.17, 15) is 0 Å². The number of nitrogens with one attached hydrogen (secondary N) is 1. The molecule has 5 heteroatoms. The molecule has 3 rings (SSSR count). The third-order valence-electron chi connectivity index (χ3n) is 5.11. The molecule has 2 heterocycles. The zero-order valence-electron chi connectivity index (χ0n) is 13.3. The van der Waals surface area contributed by atoms with E-state index in [0.717, 1.165) is 24.2 Å². The van der Waals surface area contributed by atoms with Crippen LogP contribution in [0.15, 0.2) is 23.7 Å². The molecule has 1 N–H and O–H groups in total. The van der Waals surface area contributed by atoms with Crippen LogP contribution in [0.5, 0.6) is 0 Å². The Kier molecular flexibility index (Phi) is 4.04. The Hall–Kier alpha value is -0.970. The number of hydrogen-bond donors (Lipinski definition) is 1. The summed E-state index contributed by atoms with van der Waals surface area (Å²) in [4.78, 5) is 8.85. The fourth-order valence-corrected chi connectivity index (χ4v) is 5.01. The van der Waals surface area contributed by atoms with E-state index in [1.54, 1.807) is 0 Å². The molecule has 1 aromatic heterocycles. The van der Waals surface area contributed by atoms with Crippen molar-refractivity contribution in [1.29, 1.82) is 0 Å². The second-order valence-corrected chi connectivity index (χ2v) is 8.39. The van der Waals surface area contributed by atoms with Gasteiger partial charge in [-0.25, -0.2) is 4.98 Å². The minimum absolute atomic E-state index is 0.144. The van der Waals surface area contributed by atoms with Crippen molar-refractivity contribution in [2.45, 2.75) is 63.3 Å². The van der Waals surface area contributed by atoms with E-state index < -0.39 is 0 Å². The first-order valence-electron chi connectivity index (χ1n) is 7.98. The van der Waals surface area contributed by atoms with E-state index in [4.69, 9.17) is 4.99 Å². The summed E-state index contributed by atoms with van der Waals surface area (Å²) in [5, 5.41) is 4.81. The van der Waals surface area contributed by atoms with E-state index in [2.05, 4.69) is 35.6 Å². The molecule has 0 radical (unpaired) electrons. The van der Waals surface area contributed by atoms with Crippen LogP contribution in [0.1, 0.15) is 46.5 Å². The lowest BCUT2D eigenvalue weighted by atomic mass is 9.73. The molecule has 1 aliphatic heterocycles. The number of hydrogen-bond acceptors (Lipinski definition) is 3. The quantitative estimate of drug-likeness (QED) is 0.931. The highest BCUT2D eigenvalue weighted by molar-refractivity contribution is 8.15. The highest BCUT2D eigenvalue weighted by Crippen LogP contribution is 2.52. The summed E-state index contributed by atoms with van der Waals surface area (Å²) in [6, 6.07) is 0. The maximum absolute atomic E-state index is 4.78. The Bertz CT molecular complexity index is 498. The molecular formula is C16H26N4S. The second kappa shape index (κ2) is 5.67. The molecule has 0 aromatic carbocycles. The molecule has 1 spiro atoms. The van der Waals surface area contributed by atoms with Crippen molar-refractivity contribution in [3.63, 3.8) is 0 Å². The van der Waals surface area contributed by atoms with Crippen molar-refractivity contribution in [2.24, 2.45) is 10.9 Å². The van der Waals surface area contributed by atoms with E-state index in [0.29, 0.717) is 4.75 Å². The maximum atomic E-state index is 4.78. The maximum Gasteiger partial charge on any atom is 0.157 e. The standard InChI is InChI=1S/C16H26N4S/c1-13-4-6-16(7-5-13)15(2,3)19-14(21-16)18-9-11-20-10-8-17-12-20/h8,10,12-13H,4-7,9,11H2,1-3H3,(H,18,19). The van der Waals surface area contributed by atoms with Crippen LogP contribution in [0.4, 0.5) is 0 Å². The monoisotopic (exact) mass is 306 g/mol. The normalized spacial score (nSPS) is 33.5. The minimum atomic E-state index is 0.144. The summed E-state index contributed by atoms with van der Waals surface area (Å²) in [5.41, 5.74) is 0.144. The van der Waals surface area contributed by atoms with Gasteiger partial charge < -0.3 is 9.88 Å². The van der Waals surface area contributed by atoms with E-state index in [-0.39, 0.29) is 5.54 Å². The molecule has 4 nitrogen and oxygen atoms in total. The van der Waals surface area contributed by atoms with E-state index >= 15 is 0 Å². The largest absolute Gasteiger partial charge is 0.359 e. The average Bonchev–Trinajstić information content (AvgIpc) is 3.01. The van der Waals surface area contributed by atoms with Gasteiger partial charge in [0.1, 0.15) is 0 Å². The van der Waals surface area contributed by atoms with Crippen LogP contribution in [0, 0.1) is 5.92 Å². The molecule has 116 valence electrons. The number of nitrogens with zero attached hydrogens (tertiary/aromatic N) is 3. The van der Waals surface area contributed by atoms with Crippen LogP contribution >= 0.6 is 11.8 Å². The molecule has 1 aliphatic carbocycles. The highest BCUT2D eigenvalue weighted by atomic mass is 32.2. The van der Waals surface area contributed by atoms with Gasteiger partial charge in [-0.3, -0.25) is 4.99 Å². The van der Waals surface area contributed by atoms with Crippen LogP contribution < -0.4 is 5.32 Å². The van der Waals surface area contributed by atoms with Crippen LogP contribution in [0.2, 0.25) is 0 Å². The van der Waals surface area contributed by atoms with Crippen molar-refractivity contribution in [3.05, 3.63) is 18.7 Å². The molecular weight excluding hydrogens is 280 g/mol. The molecule has 2 fully saturated rings. The molecule has 0 atom stereocenters. The molecule has 1 aromatic rings. The third-order valence-corrected chi connectivity index (χ3v) is 6.84. The average molecular weight is 306 g/mol. The molecule has 0 bridgehead atoms. The van der Waals surface area contributed by atoms with Crippen molar-refractivity contribution < 1.29 is 0 Å². The van der Waals surface area contributed by atoms with Crippen LogP contribution in [0.3, 0.4) is 0 Å². The van der Waals surface area contributed by atoms with Crippen LogP contribution in [0.25, 0.3) is 0 Å². The van der Waals surface area contributed by atoms with Gasteiger partial charge in [-0.2, -0.15) is 0 Å².